The summed E-state index contributed by atoms with van der Waals surface area (Å²) in [6, 6.07) is 7.39. The largest absolute Gasteiger partial charge is 0.273 e. The number of nitrogens with zero attached hydrogens (tertiary/aromatic N) is 1. The van der Waals surface area contributed by atoms with Crippen LogP contribution in [0.5, 0.6) is 0 Å². The first-order chi connectivity index (χ1) is 7.82. The van der Waals surface area contributed by atoms with Crippen molar-refractivity contribution in [1.82, 2.24) is 5.43 Å². The predicted molar refractivity (Wildman–Crippen MR) is 71.3 cm³/mol. The second-order valence-corrected chi connectivity index (χ2v) is 5.28. The fourth-order valence-corrected chi connectivity index (χ4v) is 1.39. The Morgan fingerprint density at radius 2 is 1.88 bits per heavy atom. The third-order valence-corrected chi connectivity index (χ3v) is 2.60. The lowest BCUT2D eigenvalue weighted by Gasteiger charge is -2.15. The van der Waals surface area contributed by atoms with Gasteiger partial charge in [-0.1, -0.05) is 50.6 Å². The molecule has 0 aromatic heterocycles. The van der Waals surface area contributed by atoms with Crippen LogP contribution in [-0.2, 0) is 4.79 Å². The average molecular weight is 253 g/mol. The van der Waals surface area contributed by atoms with Gasteiger partial charge in [0, 0.05) is 16.0 Å². The minimum Gasteiger partial charge on any atom is -0.273 e. The molecule has 0 unspecified atom stereocenters. The fourth-order valence-electron chi connectivity index (χ4n) is 1.12. The second-order valence-electron chi connectivity index (χ2n) is 4.87. The van der Waals surface area contributed by atoms with Crippen molar-refractivity contribution in [1.29, 1.82) is 0 Å². The lowest BCUT2D eigenvalue weighted by Crippen LogP contribution is -2.32. The first kappa shape index (κ1) is 13.7. The predicted octanol–water partition coefficient (Wildman–Crippen LogP) is 3.23. The van der Waals surface area contributed by atoms with Crippen LogP contribution in [0.2, 0.25) is 5.02 Å². The van der Waals surface area contributed by atoms with E-state index in [0.29, 0.717) is 10.7 Å². The van der Waals surface area contributed by atoms with Crippen molar-refractivity contribution >= 4 is 23.2 Å². The van der Waals surface area contributed by atoms with E-state index in [1.54, 1.807) is 6.07 Å². The van der Waals surface area contributed by atoms with Crippen LogP contribution in [-0.4, -0.2) is 11.6 Å². The fraction of sp³-hybridized carbons (Fsp3) is 0.385. The number of nitrogens with one attached hydrogen (secondary N) is 1. The molecule has 1 rings (SSSR count). The number of hydrogen-bond acceptors (Lipinski definition) is 2. The number of amides is 1. The third kappa shape index (κ3) is 3.86. The van der Waals surface area contributed by atoms with Crippen molar-refractivity contribution in [3.8, 4) is 0 Å². The Morgan fingerprint density at radius 3 is 2.41 bits per heavy atom. The van der Waals surface area contributed by atoms with Gasteiger partial charge in [0.2, 0.25) is 5.91 Å². The van der Waals surface area contributed by atoms with Gasteiger partial charge >= 0.3 is 0 Å². The Bertz CT molecular complexity index is 447. The molecular formula is C13H17ClN2O. The van der Waals surface area contributed by atoms with Crippen molar-refractivity contribution < 1.29 is 4.79 Å². The number of hydrazone groups is 1. The van der Waals surface area contributed by atoms with E-state index in [9.17, 15) is 4.79 Å². The van der Waals surface area contributed by atoms with Gasteiger partial charge in [-0.3, -0.25) is 4.79 Å². The van der Waals surface area contributed by atoms with Gasteiger partial charge in [0.25, 0.3) is 0 Å². The molecule has 0 fully saturated rings. The second kappa shape index (κ2) is 5.32. The molecule has 1 aromatic carbocycles. The van der Waals surface area contributed by atoms with Crippen LogP contribution in [0.15, 0.2) is 29.4 Å². The maximum absolute atomic E-state index is 11.6. The third-order valence-electron chi connectivity index (χ3n) is 2.27. The molecule has 0 saturated heterocycles. The van der Waals surface area contributed by atoms with Gasteiger partial charge in [-0.05, 0) is 13.0 Å². The maximum Gasteiger partial charge on any atom is 0.245 e. The Kier molecular flexibility index (Phi) is 4.29. The molecule has 3 nitrogen and oxygen atoms in total. The molecule has 1 N–H and O–H groups in total. The molecule has 0 spiro atoms. The van der Waals surface area contributed by atoms with E-state index in [4.69, 9.17) is 11.6 Å². The van der Waals surface area contributed by atoms with Gasteiger partial charge in [-0.15, -0.1) is 0 Å². The number of rotatable bonds is 2. The zero-order chi connectivity index (χ0) is 13.1. The molecule has 1 aromatic rings. The summed E-state index contributed by atoms with van der Waals surface area (Å²) in [6.07, 6.45) is 0. The van der Waals surface area contributed by atoms with E-state index < -0.39 is 5.41 Å². The Hall–Kier alpha value is -1.35. The van der Waals surface area contributed by atoms with Crippen LogP contribution in [0.3, 0.4) is 0 Å². The number of halogens is 1. The highest BCUT2D eigenvalue weighted by Gasteiger charge is 2.20. The molecule has 0 aliphatic heterocycles. The van der Waals surface area contributed by atoms with Gasteiger partial charge in [0.15, 0.2) is 0 Å². The molecule has 0 bridgehead atoms. The standard InChI is InChI=1S/C13H17ClN2O/c1-9(10-7-5-6-8-11(10)14)15-16-12(17)13(2,3)4/h5-8H,1-4H3,(H,16,17)/b15-9+. The van der Waals surface area contributed by atoms with Crippen LogP contribution < -0.4 is 5.43 Å². The molecule has 4 heteroatoms. The number of carbonyl (C=O) groups excluding carboxylic acids is 1. The minimum absolute atomic E-state index is 0.121. The Morgan fingerprint density at radius 1 is 1.29 bits per heavy atom. The van der Waals surface area contributed by atoms with E-state index in [1.165, 1.54) is 0 Å². The van der Waals surface area contributed by atoms with Crippen molar-refractivity contribution in [2.24, 2.45) is 10.5 Å². The summed E-state index contributed by atoms with van der Waals surface area (Å²) in [4.78, 5) is 11.6. The summed E-state index contributed by atoms with van der Waals surface area (Å²) in [5.74, 6) is -0.121. The molecule has 1 amide bonds. The lowest BCUT2D eigenvalue weighted by molar-refractivity contribution is -0.128. The molecule has 92 valence electrons. The highest BCUT2D eigenvalue weighted by Crippen LogP contribution is 2.16. The van der Waals surface area contributed by atoms with Crippen molar-refractivity contribution in [3.63, 3.8) is 0 Å². The number of hydrogen-bond donors (Lipinski definition) is 1. The summed E-state index contributed by atoms with van der Waals surface area (Å²) < 4.78 is 0. The first-order valence-electron chi connectivity index (χ1n) is 5.42. The molecule has 0 saturated carbocycles. The Balaban J connectivity index is 2.82. The smallest absolute Gasteiger partial charge is 0.245 e. The Labute approximate surface area is 107 Å². The van der Waals surface area contributed by atoms with Gasteiger partial charge in [0.05, 0.1) is 5.71 Å². The normalized spacial score (nSPS) is 12.4. The van der Waals surface area contributed by atoms with Crippen molar-refractivity contribution in [3.05, 3.63) is 34.9 Å². The molecule has 0 aliphatic rings. The zero-order valence-electron chi connectivity index (χ0n) is 10.5. The molecule has 0 aliphatic carbocycles. The summed E-state index contributed by atoms with van der Waals surface area (Å²) in [6.45, 7) is 7.32. The first-order valence-corrected chi connectivity index (χ1v) is 5.80. The lowest BCUT2D eigenvalue weighted by atomic mass is 9.96. The van der Waals surface area contributed by atoms with Crippen LogP contribution >= 0.6 is 11.6 Å². The summed E-state index contributed by atoms with van der Waals surface area (Å²) in [7, 11) is 0. The molecule has 17 heavy (non-hydrogen) atoms. The van der Waals surface area contributed by atoms with Crippen LogP contribution in [0.4, 0.5) is 0 Å². The van der Waals surface area contributed by atoms with E-state index >= 15 is 0 Å². The maximum atomic E-state index is 11.6. The van der Waals surface area contributed by atoms with E-state index in [1.807, 2.05) is 45.9 Å². The summed E-state index contributed by atoms with van der Waals surface area (Å²) in [5.41, 5.74) is 3.60. The average Bonchev–Trinajstić information content (AvgIpc) is 2.24. The molecular weight excluding hydrogens is 236 g/mol. The molecule has 0 heterocycles. The number of carbonyl (C=O) groups is 1. The highest BCUT2D eigenvalue weighted by atomic mass is 35.5. The quantitative estimate of drug-likeness (QED) is 0.637. The highest BCUT2D eigenvalue weighted by molar-refractivity contribution is 6.34. The monoisotopic (exact) mass is 252 g/mol. The van der Waals surface area contributed by atoms with Gasteiger partial charge in [-0.2, -0.15) is 5.10 Å². The van der Waals surface area contributed by atoms with E-state index in [2.05, 4.69) is 10.5 Å². The van der Waals surface area contributed by atoms with E-state index in [-0.39, 0.29) is 5.91 Å². The summed E-state index contributed by atoms with van der Waals surface area (Å²) >= 11 is 6.03. The van der Waals surface area contributed by atoms with Gasteiger partial charge < -0.3 is 0 Å². The van der Waals surface area contributed by atoms with Crippen LogP contribution in [0, 0.1) is 5.41 Å². The SMILES string of the molecule is C/C(=N\NC(=O)C(C)(C)C)c1ccccc1Cl. The number of benzene rings is 1. The van der Waals surface area contributed by atoms with Gasteiger partial charge in [0.1, 0.15) is 0 Å². The molecule has 0 radical (unpaired) electrons. The van der Waals surface area contributed by atoms with Crippen LogP contribution in [0.1, 0.15) is 33.3 Å². The van der Waals surface area contributed by atoms with Crippen LogP contribution in [0.25, 0.3) is 0 Å². The zero-order valence-corrected chi connectivity index (χ0v) is 11.3. The van der Waals surface area contributed by atoms with Crippen molar-refractivity contribution in [2.45, 2.75) is 27.7 Å². The van der Waals surface area contributed by atoms with E-state index in [0.717, 1.165) is 5.56 Å². The van der Waals surface area contributed by atoms with Crippen molar-refractivity contribution in [2.75, 3.05) is 0 Å². The summed E-state index contributed by atoms with van der Waals surface area (Å²) in [5, 5.41) is 4.68. The van der Waals surface area contributed by atoms with Gasteiger partial charge in [-0.25, -0.2) is 5.43 Å². The molecule has 0 atom stereocenters. The topological polar surface area (TPSA) is 41.5 Å². The minimum atomic E-state index is -0.454.